The van der Waals surface area contributed by atoms with E-state index >= 15 is 0 Å². The molecule has 3 heterocycles. The molecular weight excluding hydrogens is 388 g/mol. The minimum absolute atomic E-state index is 0.231. The first-order chi connectivity index (χ1) is 13.0. The van der Waals surface area contributed by atoms with Crippen molar-refractivity contribution in [1.82, 2.24) is 9.88 Å². The van der Waals surface area contributed by atoms with Gasteiger partial charge < -0.3 is 14.0 Å². The van der Waals surface area contributed by atoms with Gasteiger partial charge in [0.1, 0.15) is 17.0 Å². The molecule has 140 valence electrons. The second-order valence-corrected chi connectivity index (χ2v) is 8.81. The molecule has 0 saturated carbocycles. The summed E-state index contributed by atoms with van der Waals surface area (Å²) in [5, 5.41) is 17.5. The summed E-state index contributed by atoms with van der Waals surface area (Å²) in [6, 6.07) is 12.2. The van der Waals surface area contributed by atoms with E-state index in [0.29, 0.717) is 27.1 Å². The van der Waals surface area contributed by atoms with Gasteiger partial charge >= 0.3 is 0 Å². The molecule has 2 N–H and O–H groups in total. The second kappa shape index (κ2) is 6.93. The lowest BCUT2D eigenvalue weighted by molar-refractivity contribution is 0.0891. The van der Waals surface area contributed by atoms with Gasteiger partial charge in [-0.2, -0.15) is 0 Å². The van der Waals surface area contributed by atoms with Crippen LogP contribution in [0.2, 0.25) is 0 Å². The van der Waals surface area contributed by atoms with Crippen molar-refractivity contribution >= 4 is 32.3 Å². The minimum Gasteiger partial charge on any atom is -0.472 e. The van der Waals surface area contributed by atoms with Gasteiger partial charge in [0.15, 0.2) is 5.58 Å². The van der Waals surface area contributed by atoms with Crippen LogP contribution < -0.4 is 4.72 Å². The molecule has 0 saturated heterocycles. The zero-order valence-corrected chi connectivity index (χ0v) is 15.7. The maximum atomic E-state index is 12.6. The summed E-state index contributed by atoms with van der Waals surface area (Å²) < 4.78 is 37.9. The third-order valence-electron chi connectivity index (χ3n) is 4.25. The van der Waals surface area contributed by atoms with Gasteiger partial charge in [-0.15, -0.1) is 11.3 Å². The van der Waals surface area contributed by atoms with Gasteiger partial charge in [0.2, 0.25) is 10.0 Å². The summed E-state index contributed by atoms with van der Waals surface area (Å²) in [5.41, 5.74) is -0.211. The quantitative estimate of drug-likeness (QED) is 0.491. The van der Waals surface area contributed by atoms with Crippen LogP contribution in [0.15, 0.2) is 69.3 Å². The SMILES string of the molecule is O=S(=O)(Cc1noc2ccccc12)NC[C@@](O)(c1ccoc1)c1cccs1. The number of benzene rings is 1. The molecule has 3 aromatic heterocycles. The van der Waals surface area contributed by atoms with Crippen LogP contribution in [0.3, 0.4) is 0 Å². The molecule has 27 heavy (non-hydrogen) atoms. The van der Waals surface area contributed by atoms with Crippen molar-refractivity contribution in [1.29, 1.82) is 0 Å². The molecule has 7 nitrogen and oxygen atoms in total. The Balaban J connectivity index is 1.57. The van der Waals surface area contributed by atoms with E-state index in [2.05, 4.69) is 9.88 Å². The lowest BCUT2D eigenvalue weighted by Gasteiger charge is -2.26. The molecule has 1 aromatic carbocycles. The molecule has 0 unspecified atom stereocenters. The molecule has 1 atom stereocenters. The van der Waals surface area contributed by atoms with E-state index in [0.717, 1.165) is 0 Å². The lowest BCUT2D eigenvalue weighted by atomic mass is 9.95. The fraction of sp³-hybridized carbons (Fsp3) is 0.167. The molecule has 0 fully saturated rings. The van der Waals surface area contributed by atoms with Gasteiger partial charge in [0.05, 0.1) is 12.5 Å². The normalized spacial score (nSPS) is 14.4. The molecule has 9 heteroatoms. The van der Waals surface area contributed by atoms with Gasteiger partial charge in [0, 0.05) is 22.4 Å². The van der Waals surface area contributed by atoms with Crippen LogP contribution in [0.25, 0.3) is 11.0 Å². The third-order valence-corrected chi connectivity index (χ3v) is 6.51. The molecule has 0 spiro atoms. The van der Waals surface area contributed by atoms with Crippen LogP contribution in [0.5, 0.6) is 0 Å². The first-order valence-electron chi connectivity index (χ1n) is 8.08. The van der Waals surface area contributed by atoms with Crippen LogP contribution in [0.4, 0.5) is 0 Å². The van der Waals surface area contributed by atoms with Crippen LogP contribution in [0, 0.1) is 0 Å². The standard InChI is InChI=1S/C18H16N2O5S2/c21-18(13-7-8-24-10-13,17-6-3-9-26-17)12-19-27(22,23)11-15-14-4-1-2-5-16(14)25-20-15/h1-10,19,21H,11-12H2/t18-/m1/s1. The molecule has 0 aliphatic carbocycles. The van der Waals surface area contributed by atoms with E-state index in [-0.39, 0.29) is 12.3 Å². The smallest absolute Gasteiger partial charge is 0.217 e. The van der Waals surface area contributed by atoms with Gasteiger partial charge in [-0.1, -0.05) is 23.4 Å². The molecule has 0 bridgehead atoms. The number of aliphatic hydroxyl groups is 1. The third kappa shape index (κ3) is 3.54. The van der Waals surface area contributed by atoms with Crippen LogP contribution >= 0.6 is 11.3 Å². The maximum absolute atomic E-state index is 12.6. The number of aromatic nitrogens is 1. The zero-order valence-electron chi connectivity index (χ0n) is 14.0. The molecule has 0 radical (unpaired) electrons. The van der Waals surface area contributed by atoms with Crippen molar-refractivity contribution in [3.05, 3.63) is 76.5 Å². The zero-order chi connectivity index (χ0) is 18.9. The van der Waals surface area contributed by atoms with E-state index in [1.165, 1.54) is 23.9 Å². The van der Waals surface area contributed by atoms with Crippen molar-refractivity contribution in [2.24, 2.45) is 0 Å². The molecule has 4 aromatic rings. The number of hydrogen-bond acceptors (Lipinski definition) is 7. The van der Waals surface area contributed by atoms with E-state index in [1.807, 2.05) is 5.38 Å². The van der Waals surface area contributed by atoms with E-state index in [1.54, 1.807) is 42.5 Å². The van der Waals surface area contributed by atoms with Crippen LogP contribution in [-0.4, -0.2) is 25.2 Å². The number of furan rings is 1. The Morgan fingerprint density at radius 1 is 1.19 bits per heavy atom. The number of hydrogen-bond donors (Lipinski definition) is 2. The first kappa shape index (κ1) is 17.9. The highest BCUT2D eigenvalue weighted by atomic mass is 32.2. The number of nitrogens with zero attached hydrogens (tertiary/aromatic N) is 1. The van der Waals surface area contributed by atoms with Crippen molar-refractivity contribution in [3.8, 4) is 0 Å². The second-order valence-electron chi connectivity index (χ2n) is 6.06. The maximum Gasteiger partial charge on any atom is 0.217 e. The summed E-state index contributed by atoms with van der Waals surface area (Å²) in [4.78, 5) is 0.610. The number of rotatable bonds is 7. The number of para-hydroxylation sites is 1. The number of sulfonamides is 1. The van der Waals surface area contributed by atoms with Crippen molar-refractivity contribution in [2.45, 2.75) is 11.4 Å². The molecule has 0 aliphatic heterocycles. The van der Waals surface area contributed by atoms with E-state index in [4.69, 9.17) is 8.94 Å². The molecule has 0 amide bonds. The van der Waals surface area contributed by atoms with Gasteiger partial charge in [-0.3, -0.25) is 0 Å². The lowest BCUT2D eigenvalue weighted by Crippen LogP contribution is -2.41. The monoisotopic (exact) mass is 404 g/mol. The Morgan fingerprint density at radius 2 is 2.04 bits per heavy atom. The Labute approximate surface area is 159 Å². The fourth-order valence-corrected chi connectivity index (χ4v) is 4.78. The summed E-state index contributed by atoms with van der Waals surface area (Å²) in [7, 11) is -3.77. The molecule has 4 rings (SSSR count). The summed E-state index contributed by atoms with van der Waals surface area (Å²) in [6.45, 7) is -0.231. The Hall–Kier alpha value is -2.46. The predicted octanol–water partition coefficient (Wildman–Crippen LogP) is 2.84. The highest BCUT2D eigenvalue weighted by molar-refractivity contribution is 7.88. The summed E-state index contributed by atoms with van der Waals surface area (Å²) in [6.07, 6.45) is 2.84. The van der Waals surface area contributed by atoms with E-state index < -0.39 is 15.6 Å². The fourth-order valence-electron chi connectivity index (χ4n) is 2.83. The number of fused-ring (bicyclic) bond motifs is 1. The first-order valence-corrected chi connectivity index (χ1v) is 10.6. The minimum atomic E-state index is -3.77. The van der Waals surface area contributed by atoms with Gasteiger partial charge in [-0.05, 0) is 29.6 Å². The van der Waals surface area contributed by atoms with Gasteiger partial charge in [0.25, 0.3) is 0 Å². The molecule has 0 aliphatic rings. The van der Waals surface area contributed by atoms with Crippen LogP contribution in [-0.2, 0) is 21.4 Å². The number of nitrogens with one attached hydrogen (secondary N) is 1. The average molecular weight is 404 g/mol. The van der Waals surface area contributed by atoms with Gasteiger partial charge in [-0.25, -0.2) is 13.1 Å². The number of thiophene rings is 1. The average Bonchev–Trinajstić information content (AvgIpc) is 3.41. The van der Waals surface area contributed by atoms with Crippen molar-refractivity contribution in [2.75, 3.05) is 6.54 Å². The molecular formula is C18H16N2O5S2. The highest BCUT2D eigenvalue weighted by Gasteiger charge is 2.35. The Kier molecular flexibility index (Phi) is 4.60. The largest absolute Gasteiger partial charge is 0.472 e. The van der Waals surface area contributed by atoms with Crippen LogP contribution in [0.1, 0.15) is 16.1 Å². The summed E-state index contributed by atoms with van der Waals surface area (Å²) in [5.74, 6) is -0.351. The topological polar surface area (TPSA) is 106 Å². The Bertz CT molecular complexity index is 1100. The van der Waals surface area contributed by atoms with Crippen molar-refractivity contribution < 1.29 is 22.5 Å². The Morgan fingerprint density at radius 3 is 2.78 bits per heavy atom. The highest BCUT2D eigenvalue weighted by Crippen LogP contribution is 2.33. The van der Waals surface area contributed by atoms with E-state index in [9.17, 15) is 13.5 Å². The summed E-state index contributed by atoms with van der Waals surface area (Å²) >= 11 is 1.33. The van der Waals surface area contributed by atoms with Crippen molar-refractivity contribution in [3.63, 3.8) is 0 Å². The predicted molar refractivity (Wildman–Crippen MR) is 101 cm³/mol.